The molecule has 20 heavy (non-hydrogen) atoms. The number of hydrogen-bond acceptors (Lipinski definition) is 4. The van der Waals surface area contributed by atoms with Crippen LogP contribution in [-0.4, -0.2) is 25.8 Å². The van der Waals surface area contributed by atoms with Gasteiger partial charge < -0.3 is 5.32 Å². The van der Waals surface area contributed by atoms with E-state index in [0.29, 0.717) is 6.04 Å². The molecule has 0 radical (unpaired) electrons. The van der Waals surface area contributed by atoms with Crippen molar-refractivity contribution in [3.63, 3.8) is 0 Å². The zero-order chi connectivity index (χ0) is 13.7. The summed E-state index contributed by atoms with van der Waals surface area (Å²) in [6.07, 6.45) is 9.19. The molecule has 2 bridgehead atoms. The van der Waals surface area contributed by atoms with Crippen molar-refractivity contribution in [2.45, 2.75) is 38.6 Å². The first-order valence-corrected chi connectivity index (χ1v) is 7.61. The van der Waals surface area contributed by atoms with Crippen molar-refractivity contribution in [2.24, 2.45) is 24.8 Å². The van der Waals surface area contributed by atoms with Crippen LogP contribution in [0.3, 0.4) is 0 Å². The van der Waals surface area contributed by atoms with Gasteiger partial charge in [0.25, 0.3) is 0 Å². The van der Waals surface area contributed by atoms with E-state index in [1.54, 1.807) is 11.0 Å². The van der Waals surface area contributed by atoms with Crippen LogP contribution in [0.15, 0.2) is 12.5 Å². The summed E-state index contributed by atoms with van der Waals surface area (Å²) < 4.78 is 1.80. The fourth-order valence-corrected chi connectivity index (χ4v) is 4.31. The van der Waals surface area contributed by atoms with E-state index >= 15 is 0 Å². The Kier molecular flexibility index (Phi) is 2.69. The molecular formula is C15H21N5. The molecule has 2 saturated carbocycles. The average Bonchev–Trinajstić information content (AvgIpc) is 3.15. The van der Waals surface area contributed by atoms with E-state index in [-0.39, 0.29) is 0 Å². The van der Waals surface area contributed by atoms with Crippen molar-refractivity contribution >= 4 is 16.9 Å². The lowest BCUT2D eigenvalue weighted by Crippen LogP contribution is -2.30. The summed E-state index contributed by atoms with van der Waals surface area (Å²) in [5, 5.41) is 8.91. The Morgan fingerprint density at radius 2 is 2.20 bits per heavy atom. The Labute approximate surface area is 118 Å². The molecule has 106 valence electrons. The Morgan fingerprint density at radius 1 is 1.30 bits per heavy atom. The molecule has 5 heteroatoms. The second kappa shape index (κ2) is 4.43. The topological polar surface area (TPSA) is 55.6 Å². The van der Waals surface area contributed by atoms with E-state index in [0.717, 1.165) is 34.6 Å². The molecule has 0 spiro atoms. The maximum atomic E-state index is 4.42. The van der Waals surface area contributed by atoms with E-state index in [4.69, 9.17) is 0 Å². The molecule has 0 unspecified atom stereocenters. The van der Waals surface area contributed by atoms with Gasteiger partial charge in [0.05, 0.1) is 11.6 Å². The van der Waals surface area contributed by atoms with E-state index in [9.17, 15) is 0 Å². The number of nitrogens with zero attached hydrogens (tertiary/aromatic N) is 4. The highest BCUT2D eigenvalue weighted by atomic mass is 15.3. The molecule has 4 rings (SSSR count). The fourth-order valence-electron chi connectivity index (χ4n) is 4.31. The summed E-state index contributed by atoms with van der Waals surface area (Å²) >= 11 is 0. The van der Waals surface area contributed by atoms with Crippen molar-refractivity contribution in [1.82, 2.24) is 19.7 Å². The summed E-state index contributed by atoms with van der Waals surface area (Å²) in [5.74, 6) is 3.64. The van der Waals surface area contributed by atoms with Crippen LogP contribution in [-0.2, 0) is 7.05 Å². The van der Waals surface area contributed by atoms with Crippen LogP contribution in [0.1, 0.15) is 32.6 Å². The number of aromatic nitrogens is 4. The molecule has 1 N–H and O–H groups in total. The molecular weight excluding hydrogens is 250 g/mol. The van der Waals surface area contributed by atoms with Crippen molar-refractivity contribution < 1.29 is 0 Å². The third-order valence-electron chi connectivity index (χ3n) is 5.33. The quantitative estimate of drug-likeness (QED) is 0.932. The molecule has 4 atom stereocenters. The predicted octanol–water partition coefficient (Wildman–Crippen LogP) is 2.60. The maximum absolute atomic E-state index is 4.42. The van der Waals surface area contributed by atoms with Gasteiger partial charge in [-0.05, 0) is 43.9 Å². The summed E-state index contributed by atoms with van der Waals surface area (Å²) in [6, 6.07) is 0.476. The SMILES string of the molecule is C[C@@H](Nc1ncnc2c1cnn2C)[C@H]1C[C@@H]2CC[C@@H]1C2. The van der Waals surface area contributed by atoms with Crippen molar-refractivity contribution in [2.75, 3.05) is 5.32 Å². The van der Waals surface area contributed by atoms with Crippen LogP contribution in [0.25, 0.3) is 11.0 Å². The van der Waals surface area contributed by atoms with Gasteiger partial charge in [-0.1, -0.05) is 6.42 Å². The van der Waals surface area contributed by atoms with E-state index in [2.05, 4.69) is 27.3 Å². The second-order valence-corrected chi connectivity index (χ2v) is 6.50. The van der Waals surface area contributed by atoms with Gasteiger partial charge in [0.2, 0.25) is 0 Å². The number of hydrogen-bond donors (Lipinski definition) is 1. The number of fused-ring (bicyclic) bond motifs is 3. The standard InChI is InChI=1S/C15H21N5/c1-9(12-6-10-3-4-11(12)5-10)19-14-13-7-18-20(2)15(13)17-8-16-14/h7-12H,3-6H2,1-2H3,(H,16,17,19)/t9-,10-,11-,12-/m1/s1. The normalized spacial score (nSPS) is 30.0. The van der Waals surface area contributed by atoms with Gasteiger partial charge in [0, 0.05) is 13.1 Å². The number of anilines is 1. The lowest BCUT2D eigenvalue weighted by molar-refractivity contribution is 0.304. The average molecular weight is 271 g/mol. The molecule has 5 nitrogen and oxygen atoms in total. The molecule has 2 aliphatic rings. The third-order valence-corrected chi connectivity index (χ3v) is 5.33. The first kappa shape index (κ1) is 12.1. The van der Waals surface area contributed by atoms with Gasteiger partial charge >= 0.3 is 0 Å². The van der Waals surface area contributed by atoms with E-state index in [1.807, 2.05) is 13.2 Å². The maximum Gasteiger partial charge on any atom is 0.163 e. The highest BCUT2D eigenvalue weighted by molar-refractivity contribution is 5.86. The van der Waals surface area contributed by atoms with Crippen molar-refractivity contribution in [3.8, 4) is 0 Å². The number of rotatable bonds is 3. The first-order chi connectivity index (χ1) is 9.72. The van der Waals surface area contributed by atoms with Gasteiger partial charge in [0.15, 0.2) is 5.65 Å². The second-order valence-electron chi connectivity index (χ2n) is 6.50. The minimum atomic E-state index is 0.476. The smallest absolute Gasteiger partial charge is 0.163 e. The van der Waals surface area contributed by atoms with Crippen LogP contribution >= 0.6 is 0 Å². The molecule has 0 saturated heterocycles. The zero-order valence-corrected chi connectivity index (χ0v) is 12.1. The molecule has 0 aromatic carbocycles. The number of nitrogens with one attached hydrogen (secondary N) is 1. The van der Waals surface area contributed by atoms with Crippen molar-refractivity contribution in [3.05, 3.63) is 12.5 Å². The van der Waals surface area contributed by atoms with Gasteiger partial charge in [-0.25, -0.2) is 9.97 Å². The largest absolute Gasteiger partial charge is 0.367 e. The monoisotopic (exact) mass is 271 g/mol. The highest BCUT2D eigenvalue weighted by Gasteiger charge is 2.41. The summed E-state index contributed by atoms with van der Waals surface area (Å²) in [6.45, 7) is 2.30. The summed E-state index contributed by atoms with van der Waals surface area (Å²) in [4.78, 5) is 8.71. The van der Waals surface area contributed by atoms with E-state index < -0.39 is 0 Å². The fraction of sp³-hybridized carbons (Fsp3) is 0.667. The van der Waals surface area contributed by atoms with Gasteiger partial charge in [-0.15, -0.1) is 0 Å². The summed E-state index contributed by atoms with van der Waals surface area (Å²) in [7, 11) is 1.92. The van der Waals surface area contributed by atoms with Crippen molar-refractivity contribution in [1.29, 1.82) is 0 Å². The van der Waals surface area contributed by atoms with Gasteiger partial charge in [0.1, 0.15) is 12.1 Å². The minimum Gasteiger partial charge on any atom is -0.367 e. The minimum absolute atomic E-state index is 0.476. The zero-order valence-electron chi connectivity index (χ0n) is 12.1. The Morgan fingerprint density at radius 3 is 2.95 bits per heavy atom. The molecule has 2 aromatic rings. The molecule has 0 aliphatic heterocycles. The summed E-state index contributed by atoms with van der Waals surface area (Å²) in [5.41, 5.74) is 0.891. The van der Waals surface area contributed by atoms with Gasteiger partial charge in [-0.3, -0.25) is 4.68 Å². The molecule has 0 amide bonds. The molecule has 2 fully saturated rings. The lowest BCUT2D eigenvalue weighted by atomic mass is 9.84. The number of aryl methyl sites for hydroxylation is 1. The molecule has 2 aromatic heterocycles. The Hall–Kier alpha value is -1.65. The van der Waals surface area contributed by atoms with Crippen LogP contribution in [0.2, 0.25) is 0 Å². The molecule has 2 heterocycles. The first-order valence-electron chi connectivity index (χ1n) is 7.61. The predicted molar refractivity (Wildman–Crippen MR) is 78.3 cm³/mol. The van der Waals surface area contributed by atoms with Crippen LogP contribution in [0, 0.1) is 17.8 Å². The molecule has 2 aliphatic carbocycles. The Bertz CT molecular complexity index is 634. The van der Waals surface area contributed by atoms with Crippen LogP contribution in [0.4, 0.5) is 5.82 Å². The lowest BCUT2D eigenvalue weighted by Gasteiger charge is -2.29. The Balaban J connectivity index is 1.58. The highest BCUT2D eigenvalue weighted by Crippen LogP contribution is 2.49. The van der Waals surface area contributed by atoms with Crippen LogP contribution < -0.4 is 5.32 Å². The van der Waals surface area contributed by atoms with Gasteiger partial charge in [-0.2, -0.15) is 5.10 Å². The third kappa shape index (κ3) is 1.79. The van der Waals surface area contributed by atoms with E-state index in [1.165, 1.54) is 25.7 Å². The van der Waals surface area contributed by atoms with Crippen LogP contribution in [0.5, 0.6) is 0 Å².